The van der Waals surface area contributed by atoms with Crippen molar-refractivity contribution >= 4 is 23.9 Å². The van der Waals surface area contributed by atoms with Crippen molar-refractivity contribution in [2.45, 2.75) is 73.5 Å². The van der Waals surface area contributed by atoms with Gasteiger partial charge in [0.1, 0.15) is 12.1 Å². The molecule has 0 aliphatic rings. The fourth-order valence-corrected chi connectivity index (χ4v) is 4.05. The second-order valence-corrected chi connectivity index (χ2v) is 11.3. The Hall–Kier alpha value is -3.72. The second kappa shape index (κ2) is 14.8. The summed E-state index contributed by atoms with van der Waals surface area (Å²) in [5.41, 5.74) is 6.96. The van der Waals surface area contributed by atoms with Crippen LogP contribution in [-0.4, -0.2) is 41.1 Å². The molecule has 2 rings (SSSR count). The van der Waals surface area contributed by atoms with Crippen LogP contribution in [0.25, 0.3) is 0 Å². The van der Waals surface area contributed by atoms with Crippen LogP contribution in [0.15, 0.2) is 48.5 Å². The molecule has 41 heavy (non-hydrogen) atoms. The van der Waals surface area contributed by atoms with E-state index in [-0.39, 0.29) is 23.3 Å². The van der Waals surface area contributed by atoms with E-state index in [9.17, 15) is 24.3 Å². The highest BCUT2D eigenvalue weighted by Crippen LogP contribution is 2.38. The molecular weight excluding hydrogens is 526 g/mol. The van der Waals surface area contributed by atoms with Gasteiger partial charge < -0.3 is 25.1 Å². The largest absolute Gasteiger partial charge is 0.480 e. The average molecular weight is 570 g/mol. The summed E-state index contributed by atoms with van der Waals surface area (Å²) >= 11 is 0. The number of aliphatic carboxylic acids is 1. The van der Waals surface area contributed by atoms with Crippen molar-refractivity contribution in [1.29, 1.82) is 0 Å². The van der Waals surface area contributed by atoms with Crippen LogP contribution in [0.4, 0.5) is 0 Å². The quantitative estimate of drug-likeness (QED) is 0.237. The van der Waals surface area contributed by atoms with Crippen LogP contribution in [-0.2, 0) is 19.1 Å². The number of hydrogen-bond donors (Lipinski definition) is 2. The number of ether oxygens (including phenoxy) is 3. The number of carboxylic acids is 1. The topological polar surface area (TPSA) is 142 Å². The van der Waals surface area contributed by atoms with Crippen LogP contribution < -0.4 is 15.2 Å². The molecule has 2 aromatic rings. The zero-order valence-electron chi connectivity index (χ0n) is 25.1. The van der Waals surface area contributed by atoms with Gasteiger partial charge in [0.2, 0.25) is 0 Å². The standard InChI is InChI=1S/C32H43NO8/c1-17(2)19(5)30(36)40-25-15-14-24(16-26(25)41-31(37)20(6)18(3)4)27(28(33)29(34)35)21(7)22(8)39-32(38)23-12-10-9-11-13-23/h9-22,27-28H,33H2,1-8H3,(H,34,35)/t19?,20?,21?,22?,27?,28-/m0/s1. The van der Waals surface area contributed by atoms with Gasteiger partial charge in [-0.2, -0.15) is 0 Å². The summed E-state index contributed by atoms with van der Waals surface area (Å²) in [6.07, 6.45) is -0.727. The summed E-state index contributed by atoms with van der Waals surface area (Å²) in [5.74, 6) is -5.08. The SMILES string of the molecule is CC(C)C(C)C(=O)Oc1ccc(C(C(C)C(C)OC(=O)c2ccccc2)[C@H](N)C(=O)O)cc1OC(=O)C(C)C(C)C. The maximum atomic E-state index is 12.9. The molecule has 0 bridgehead atoms. The van der Waals surface area contributed by atoms with Crippen molar-refractivity contribution in [2.75, 3.05) is 0 Å². The number of carbonyl (C=O) groups excluding carboxylic acids is 3. The van der Waals surface area contributed by atoms with Crippen LogP contribution in [0.2, 0.25) is 0 Å². The molecule has 0 aromatic heterocycles. The normalized spacial score (nSPS) is 15.8. The number of benzene rings is 2. The molecule has 0 saturated carbocycles. The Bertz CT molecular complexity index is 1210. The minimum atomic E-state index is -1.38. The Labute approximate surface area is 242 Å². The molecule has 0 spiro atoms. The van der Waals surface area contributed by atoms with E-state index in [1.54, 1.807) is 64.1 Å². The maximum absolute atomic E-state index is 12.9. The van der Waals surface area contributed by atoms with Crippen LogP contribution >= 0.6 is 0 Å². The molecule has 0 saturated heterocycles. The van der Waals surface area contributed by atoms with Crippen molar-refractivity contribution in [1.82, 2.24) is 0 Å². The van der Waals surface area contributed by atoms with Gasteiger partial charge in [0.05, 0.1) is 17.4 Å². The molecule has 5 unspecified atom stereocenters. The number of rotatable bonds is 13. The van der Waals surface area contributed by atoms with Gasteiger partial charge in [0.15, 0.2) is 11.5 Å². The summed E-state index contributed by atoms with van der Waals surface area (Å²) < 4.78 is 17.0. The summed E-state index contributed by atoms with van der Waals surface area (Å²) in [4.78, 5) is 50.4. The zero-order valence-corrected chi connectivity index (χ0v) is 25.1. The summed E-state index contributed by atoms with van der Waals surface area (Å²) in [7, 11) is 0. The van der Waals surface area contributed by atoms with Gasteiger partial charge >= 0.3 is 23.9 Å². The Morgan fingerprint density at radius 3 is 1.73 bits per heavy atom. The third-order valence-corrected chi connectivity index (χ3v) is 7.80. The van der Waals surface area contributed by atoms with Crippen LogP contribution in [0.1, 0.15) is 77.2 Å². The molecule has 0 aliphatic heterocycles. The highest BCUT2D eigenvalue weighted by Gasteiger charge is 2.36. The molecular formula is C32H43NO8. The fraction of sp³-hybridized carbons (Fsp3) is 0.500. The lowest BCUT2D eigenvalue weighted by atomic mass is 9.79. The molecule has 0 amide bonds. The Balaban J connectivity index is 2.51. The van der Waals surface area contributed by atoms with Gasteiger partial charge in [0, 0.05) is 11.8 Å². The van der Waals surface area contributed by atoms with E-state index in [1.165, 1.54) is 12.1 Å². The third kappa shape index (κ3) is 8.88. The minimum Gasteiger partial charge on any atom is -0.480 e. The average Bonchev–Trinajstić information content (AvgIpc) is 2.93. The molecule has 6 atom stereocenters. The molecule has 224 valence electrons. The van der Waals surface area contributed by atoms with Gasteiger partial charge in [0.25, 0.3) is 0 Å². The van der Waals surface area contributed by atoms with Crippen molar-refractivity contribution in [2.24, 2.45) is 35.3 Å². The number of nitrogens with two attached hydrogens (primary N) is 1. The first-order valence-electron chi connectivity index (χ1n) is 14.0. The Morgan fingerprint density at radius 2 is 1.24 bits per heavy atom. The van der Waals surface area contributed by atoms with Crippen LogP contribution in [0, 0.1) is 29.6 Å². The Kier molecular flexibility index (Phi) is 12.1. The summed E-state index contributed by atoms with van der Waals surface area (Å²) in [6.45, 7) is 14.4. The molecule has 9 heteroatoms. The first-order chi connectivity index (χ1) is 19.1. The van der Waals surface area contributed by atoms with Crippen LogP contribution in [0.5, 0.6) is 11.5 Å². The smallest absolute Gasteiger partial charge is 0.338 e. The van der Waals surface area contributed by atoms with E-state index in [0.717, 1.165) is 0 Å². The number of carboxylic acid groups (broad SMARTS) is 1. The van der Waals surface area contributed by atoms with E-state index in [4.69, 9.17) is 19.9 Å². The lowest BCUT2D eigenvalue weighted by molar-refractivity contribution is -0.142. The highest BCUT2D eigenvalue weighted by atomic mass is 16.6. The molecule has 0 radical (unpaired) electrons. The number of carbonyl (C=O) groups is 4. The molecule has 0 aliphatic carbocycles. The number of esters is 3. The highest BCUT2D eigenvalue weighted by molar-refractivity contribution is 5.89. The molecule has 9 nitrogen and oxygen atoms in total. The number of hydrogen-bond acceptors (Lipinski definition) is 8. The molecule has 0 heterocycles. The lowest BCUT2D eigenvalue weighted by Crippen LogP contribution is -2.42. The molecule has 3 N–H and O–H groups in total. The summed E-state index contributed by atoms with van der Waals surface area (Å²) in [5, 5.41) is 9.85. The Morgan fingerprint density at radius 1 is 0.732 bits per heavy atom. The first-order valence-corrected chi connectivity index (χ1v) is 14.0. The summed E-state index contributed by atoms with van der Waals surface area (Å²) in [6, 6.07) is 11.6. The van der Waals surface area contributed by atoms with E-state index in [2.05, 4.69) is 0 Å². The fourth-order valence-electron chi connectivity index (χ4n) is 4.05. The first kappa shape index (κ1) is 33.5. The predicted octanol–water partition coefficient (Wildman–Crippen LogP) is 5.46. The van der Waals surface area contributed by atoms with Crippen molar-refractivity contribution in [3.63, 3.8) is 0 Å². The van der Waals surface area contributed by atoms with Gasteiger partial charge in [-0.25, -0.2) is 4.79 Å². The molecule has 0 fully saturated rings. The van der Waals surface area contributed by atoms with E-state index in [1.807, 2.05) is 27.7 Å². The lowest BCUT2D eigenvalue weighted by Gasteiger charge is -2.32. The van der Waals surface area contributed by atoms with Crippen molar-refractivity contribution in [3.05, 3.63) is 59.7 Å². The maximum Gasteiger partial charge on any atom is 0.338 e. The van der Waals surface area contributed by atoms with Gasteiger partial charge in [-0.3, -0.25) is 14.4 Å². The van der Waals surface area contributed by atoms with E-state index in [0.29, 0.717) is 11.1 Å². The van der Waals surface area contributed by atoms with Gasteiger partial charge in [-0.1, -0.05) is 72.7 Å². The van der Waals surface area contributed by atoms with Gasteiger partial charge in [-0.05, 0) is 48.6 Å². The van der Waals surface area contributed by atoms with Crippen LogP contribution in [0.3, 0.4) is 0 Å². The van der Waals surface area contributed by atoms with E-state index >= 15 is 0 Å². The van der Waals surface area contributed by atoms with Gasteiger partial charge in [-0.15, -0.1) is 0 Å². The van der Waals surface area contributed by atoms with Crippen molar-refractivity contribution < 1.29 is 38.5 Å². The monoisotopic (exact) mass is 569 g/mol. The second-order valence-electron chi connectivity index (χ2n) is 11.3. The zero-order chi connectivity index (χ0) is 31.0. The molecule has 2 aromatic carbocycles. The van der Waals surface area contributed by atoms with E-state index < -0.39 is 59.7 Å². The third-order valence-electron chi connectivity index (χ3n) is 7.80. The van der Waals surface area contributed by atoms with Crippen molar-refractivity contribution in [3.8, 4) is 11.5 Å². The minimum absolute atomic E-state index is 0.00833. The predicted molar refractivity (Wildman–Crippen MR) is 155 cm³/mol.